The Hall–Kier alpha value is -1.13. The predicted octanol–water partition coefficient (Wildman–Crippen LogP) is 3.36. The van der Waals surface area contributed by atoms with E-state index in [1.54, 1.807) is 12.1 Å². The zero-order valence-corrected chi connectivity index (χ0v) is 13.4. The summed E-state index contributed by atoms with van der Waals surface area (Å²) >= 11 is 0. The number of ether oxygens (including phenoxy) is 1. The highest BCUT2D eigenvalue weighted by molar-refractivity contribution is 5.30. The van der Waals surface area contributed by atoms with Crippen molar-refractivity contribution in [3.8, 4) is 5.75 Å². The third-order valence-electron chi connectivity index (χ3n) is 4.19. The van der Waals surface area contributed by atoms with E-state index in [0.717, 1.165) is 12.1 Å². The molecule has 4 heteroatoms. The lowest BCUT2D eigenvalue weighted by atomic mass is 10.1. The topological polar surface area (TPSA) is 24.5 Å². The summed E-state index contributed by atoms with van der Waals surface area (Å²) in [7, 11) is 1.49. The molecule has 1 aliphatic rings. The number of hydrogen-bond donors (Lipinski definition) is 1. The molecule has 0 bridgehead atoms. The number of nitrogens with one attached hydrogen (secondary N) is 1. The van der Waals surface area contributed by atoms with Crippen LogP contribution in [0.2, 0.25) is 0 Å². The molecule has 0 radical (unpaired) electrons. The maximum Gasteiger partial charge on any atom is 0.165 e. The molecule has 2 atom stereocenters. The fourth-order valence-corrected chi connectivity index (χ4v) is 3.06. The van der Waals surface area contributed by atoms with Gasteiger partial charge in [-0.1, -0.05) is 12.5 Å². The minimum Gasteiger partial charge on any atom is -0.494 e. The van der Waals surface area contributed by atoms with E-state index in [-0.39, 0.29) is 11.9 Å². The van der Waals surface area contributed by atoms with Crippen LogP contribution in [-0.2, 0) is 0 Å². The fourth-order valence-electron chi connectivity index (χ4n) is 3.06. The molecule has 0 saturated carbocycles. The molecule has 0 aromatic heterocycles. The molecule has 3 nitrogen and oxygen atoms in total. The Bertz CT molecular complexity index is 446. The minimum atomic E-state index is -0.299. The molecule has 2 unspecified atom stereocenters. The van der Waals surface area contributed by atoms with E-state index < -0.39 is 0 Å². The van der Waals surface area contributed by atoms with Crippen LogP contribution in [0.15, 0.2) is 18.2 Å². The summed E-state index contributed by atoms with van der Waals surface area (Å²) in [5, 5.41) is 3.56. The van der Waals surface area contributed by atoms with Gasteiger partial charge < -0.3 is 15.0 Å². The zero-order valence-electron chi connectivity index (χ0n) is 13.4. The van der Waals surface area contributed by atoms with Gasteiger partial charge in [0, 0.05) is 18.6 Å². The third-order valence-corrected chi connectivity index (χ3v) is 4.19. The molecule has 0 spiro atoms. The van der Waals surface area contributed by atoms with Gasteiger partial charge in [0.05, 0.1) is 7.11 Å². The van der Waals surface area contributed by atoms with Crippen LogP contribution in [0.4, 0.5) is 4.39 Å². The maximum atomic E-state index is 13.8. The highest BCUT2D eigenvalue weighted by atomic mass is 19.1. The van der Waals surface area contributed by atoms with Crippen molar-refractivity contribution in [2.45, 2.75) is 45.2 Å². The second-order valence-electron chi connectivity index (χ2n) is 6.04. The van der Waals surface area contributed by atoms with Crippen molar-refractivity contribution in [1.82, 2.24) is 10.2 Å². The molecule has 1 heterocycles. The molecule has 2 rings (SSSR count). The predicted molar refractivity (Wildman–Crippen MR) is 84.3 cm³/mol. The quantitative estimate of drug-likeness (QED) is 0.870. The number of nitrogens with zero attached hydrogens (tertiary/aromatic N) is 1. The van der Waals surface area contributed by atoms with Crippen molar-refractivity contribution in [3.05, 3.63) is 29.6 Å². The molecule has 0 aliphatic carbocycles. The number of halogens is 1. The molecule has 21 heavy (non-hydrogen) atoms. The van der Waals surface area contributed by atoms with Gasteiger partial charge >= 0.3 is 0 Å². The van der Waals surface area contributed by atoms with E-state index in [1.807, 2.05) is 6.07 Å². The van der Waals surface area contributed by atoms with Crippen LogP contribution < -0.4 is 10.1 Å². The third kappa shape index (κ3) is 4.68. The standard InChI is InChI=1S/C17H27FN2O/c1-13(12-20-9-5-4-6-10-20)19-14(2)15-7-8-17(21-3)16(18)11-15/h7-8,11,13-14,19H,4-6,9-10,12H2,1-3H3. The van der Waals surface area contributed by atoms with Crippen molar-refractivity contribution >= 4 is 0 Å². The van der Waals surface area contributed by atoms with E-state index >= 15 is 0 Å². The molecule has 1 N–H and O–H groups in total. The monoisotopic (exact) mass is 294 g/mol. The first-order valence-electron chi connectivity index (χ1n) is 7.92. The van der Waals surface area contributed by atoms with Crippen molar-refractivity contribution in [1.29, 1.82) is 0 Å². The van der Waals surface area contributed by atoms with E-state index in [2.05, 4.69) is 24.1 Å². The largest absolute Gasteiger partial charge is 0.494 e. The van der Waals surface area contributed by atoms with Crippen LogP contribution in [0.5, 0.6) is 5.75 Å². The Balaban J connectivity index is 1.87. The van der Waals surface area contributed by atoms with Gasteiger partial charge in [-0.2, -0.15) is 0 Å². The van der Waals surface area contributed by atoms with Crippen molar-refractivity contribution in [3.63, 3.8) is 0 Å². The molecule has 1 aromatic carbocycles. The number of benzene rings is 1. The number of piperidine rings is 1. The van der Waals surface area contributed by atoms with E-state index in [0.29, 0.717) is 11.8 Å². The number of likely N-dealkylation sites (tertiary alicyclic amines) is 1. The second-order valence-corrected chi connectivity index (χ2v) is 6.04. The maximum absolute atomic E-state index is 13.8. The highest BCUT2D eigenvalue weighted by Gasteiger charge is 2.16. The van der Waals surface area contributed by atoms with Gasteiger partial charge in [-0.05, 0) is 57.5 Å². The summed E-state index contributed by atoms with van der Waals surface area (Å²) in [6.07, 6.45) is 3.98. The van der Waals surface area contributed by atoms with Gasteiger partial charge in [0.15, 0.2) is 11.6 Å². The molecule has 0 amide bonds. The number of hydrogen-bond acceptors (Lipinski definition) is 3. The lowest BCUT2D eigenvalue weighted by Gasteiger charge is -2.30. The van der Waals surface area contributed by atoms with Crippen LogP contribution in [0.1, 0.15) is 44.7 Å². The lowest BCUT2D eigenvalue weighted by molar-refractivity contribution is 0.205. The summed E-state index contributed by atoms with van der Waals surface area (Å²) in [5.74, 6) is -0.000325. The lowest BCUT2D eigenvalue weighted by Crippen LogP contribution is -2.42. The minimum absolute atomic E-state index is 0.130. The number of rotatable bonds is 6. The van der Waals surface area contributed by atoms with E-state index in [1.165, 1.54) is 39.5 Å². The van der Waals surface area contributed by atoms with Gasteiger partial charge in [0.25, 0.3) is 0 Å². The Kier molecular flexibility index (Phi) is 6.00. The molecular formula is C17H27FN2O. The average Bonchev–Trinajstić information content (AvgIpc) is 2.48. The zero-order chi connectivity index (χ0) is 15.2. The van der Waals surface area contributed by atoms with Gasteiger partial charge in [0.2, 0.25) is 0 Å². The van der Waals surface area contributed by atoms with Gasteiger partial charge in [-0.25, -0.2) is 4.39 Å². The van der Waals surface area contributed by atoms with E-state index in [4.69, 9.17) is 4.74 Å². The second kappa shape index (κ2) is 7.76. The summed E-state index contributed by atoms with van der Waals surface area (Å²) in [4.78, 5) is 2.52. The molecule has 1 fully saturated rings. The summed E-state index contributed by atoms with van der Waals surface area (Å²) in [6, 6.07) is 5.70. The molecule has 118 valence electrons. The first-order valence-corrected chi connectivity index (χ1v) is 7.92. The van der Waals surface area contributed by atoms with Crippen LogP contribution in [-0.4, -0.2) is 37.7 Å². The normalized spacial score (nSPS) is 19.2. The Morgan fingerprint density at radius 2 is 1.95 bits per heavy atom. The van der Waals surface area contributed by atoms with Crippen molar-refractivity contribution in [2.24, 2.45) is 0 Å². The number of methoxy groups -OCH3 is 1. The SMILES string of the molecule is COc1ccc(C(C)NC(C)CN2CCCCC2)cc1F. The fraction of sp³-hybridized carbons (Fsp3) is 0.647. The Labute approximate surface area is 127 Å². The average molecular weight is 294 g/mol. The van der Waals surface area contributed by atoms with Crippen LogP contribution >= 0.6 is 0 Å². The van der Waals surface area contributed by atoms with Gasteiger partial charge in [-0.15, -0.1) is 0 Å². The van der Waals surface area contributed by atoms with Gasteiger partial charge in [-0.3, -0.25) is 0 Å². The molecule has 1 aliphatic heterocycles. The summed E-state index contributed by atoms with van der Waals surface area (Å²) < 4.78 is 18.7. The van der Waals surface area contributed by atoms with Crippen LogP contribution in [0.3, 0.4) is 0 Å². The smallest absolute Gasteiger partial charge is 0.165 e. The molecule has 1 saturated heterocycles. The van der Waals surface area contributed by atoms with Gasteiger partial charge in [0.1, 0.15) is 0 Å². The van der Waals surface area contributed by atoms with Crippen molar-refractivity contribution in [2.75, 3.05) is 26.7 Å². The Morgan fingerprint density at radius 1 is 1.24 bits per heavy atom. The summed E-state index contributed by atoms with van der Waals surface area (Å²) in [6.45, 7) is 7.75. The van der Waals surface area contributed by atoms with E-state index in [9.17, 15) is 4.39 Å². The summed E-state index contributed by atoms with van der Waals surface area (Å²) in [5.41, 5.74) is 0.957. The molecular weight excluding hydrogens is 267 g/mol. The highest BCUT2D eigenvalue weighted by Crippen LogP contribution is 2.22. The molecule has 1 aromatic rings. The first kappa shape index (κ1) is 16.2. The van der Waals surface area contributed by atoms with Crippen LogP contribution in [0, 0.1) is 5.82 Å². The Morgan fingerprint density at radius 3 is 2.57 bits per heavy atom. The van der Waals surface area contributed by atoms with Crippen molar-refractivity contribution < 1.29 is 9.13 Å². The van der Waals surface area contributed by atoms with Crippen LogP contribution in [0.25, 0.3) is 0 Å². The first-order chi connectivity index (χ1) is 10.1.